The maximum absolute atomic E-state index is 12.2. The molecule has 0 saturated heterocycles. The lowest BCUT2D eigenvalue weighted by molar-refractivity contribution is 0.0600. The van der Waals surface area contributed by atoms with Crippen molar-refractivity contribution in [1.82, 2.24) is 4.72 Å². The molecule has 1 N–H and O–H groups in total. The van der Waals surface area contributed by atoms with Gasteiger partial charge in [-0.05, 0) is 36.2 Å². The van der Waals surface area contributed by atoms with E-state index in [2.05, 4.69) is 9.46 Å². The molecule has 2 aromatic carbocycles. The number of esters is 1. The highest BCUT2D eigenvalue weighted by Crippen LogP contribution is 2.12. The van der Waals surface area contributed by atoms with Crippen LogP contribution in [0.15, 0.2) is 59.5 Å². The normalized spacial score (nSPS) is 11.9. The maximum Gasteiger partial charge on any atom is 0.337 e. The largest absolute Gasteiger partial charge is 0.465 e. The quantitative estimate of drug-likeness (QED) is 0.498. The summed E-state index contributed by atoms with van der Waals surface area (Å²) in [5.41, 5.74) is 0.937. The molecule has 27 heavy (non-hydrogen) atoms. The summed E-state index contributed by atoms with van der Waals surface area (Å²) in [4.78, 5) is 11.4. The van der Waals surface area contributed by atoms with E-state index >= 15 is 0 Å². The van der Waals surface area contributed by atoms with Crippen molar-refractivity contribution in [3.63, 3.8) is 0 Å². The molecule has 7 nitrogen and oxygen atoms in total. The van der Waals surface area contributed by atoms with Gasteiger partial charge >= 0.3 is 5.97 Å². The second kappa shape index (κ2) is 9.12. The van der Waals surface area contributed by atoms with Gasteiger partial charge in [-0.25, -0.2) is 26.4 Å². The van der Waals surface area contributed by atoms with Gasteiger partial charge in [-0.2, -0.15) is 0 Å². The lowest BCUT2D eigenvalue weighted by Crippen LogP contribution is -2.26. The van der Waals surface area contributed by atoms with Gasteiger partial charge in [0.15, 0.2) is 9.84 Å². The number of hydrogen-bond acceptors (Lipinski definition) is 6. The summed E-state index contributed by atoms with van der Waals surface area (Å²) in [5.74, 6) is -0.753. The van der Waals surface area contributed by atoms with Crippen molar-refractivity contribution in [3.8, 4) is 0 Å². The second-order valence-corrected chi connectivity index (χ2v) is 9.80. The van der Waals surface area contributed by atoms with Crippen LogP contribution in [0.2, 0.25) is 0 Å². The third kappa shape index (κ3) is 6.46. The highest BCUT2D eigenvalue weighted by molar-refractivity contribution is 7.90. The Morgan fingerprint density at radius 1 is 0.963 bits per heavy atom. The lowest BCUT2D eigenvalue weighted by Gasteiger charge is -2.08. The van der Waals surface area contributed by atoms with Gasteiger partial charge in [-0.15, -0.1) is 0 Å². The first-order valence-corrected chi connectivity index (χ1v) is 11.5. The molecule has 0 heterocycles. The van der Waals surface area contributed by atoms with Crippen LogP contribution in [0, 0.1) is 0 Å². The fourth-order valence-corrected chi connectivity index (χ4v) is 4.87. The molecule has 146 valence electrons. The molecule has 0 unspecified atom stereocenters. The zero-order valence-corrected chi connectivity index (χ0v) is 16.4. The van der Waals surface area contributed by atoms with E-state index in [1.807, 2.05) is 6.07 Å². The Labute approximate surface area is 159 Å². The Kier molecular flexibility index (Phi) is 7.11. The van der Waals surface area contributed by atoms with Crippen LogP contribution in [0.25, 0.3) is 0 Å². The number of hydrogen-bond donors (Lipinski definition) is 1. The van der Waals surface area contributed by atoms with Crippen LogP contribution in [-0.2, 0) is 30.4 Å². The molecule has 0 amide bonds. The summed E-state index contributed by atoms with van der Waals surface area (Å²) in [6.45, 7) is -0.00486. The topological polar surface area (TPSA) is 107 Å². The molecule has 0 fully saturated rings. The number of carbonyl (C=O) groups is 1. The summed E-state index contributed by atoms with van der Waals surface area (Å²) in [5, 5.41) is 0. The van der Waals surface area contributed by atoms with Crippen LogP contribution in [0.5, 0.6) is 0 Å². The predicted molar refractivity (Wildman–Crippen MR) is 102 cm³/mol. The van der Waals surface area contributed by atoms with Gasteiger partial charge in [0.25, 0.3) is 0 Å². The highest BCUT2D eigenvalue weighted by Gasteiger charge is 2.16. The zero-order valence-electron chi connectivity index (χ0n) is 14.8. The summed E-state index contributed by atoms with van der Waals surface area (Å²) < 4.78 is 55.6. The van der Waals surface area contributed by atoms with Crippen molar-refractivity contribution in [1.29, 1.82) is 0 Å². The molecule has 0 bridgehead atoms. The van der Waals surface area contributed by atoms with Crippen molar-refractivity contribution in [3.05, 3.63) is 65.7 Å². The SMILES string of the molecule is COC(=O)c1ccc(S(=O)(=O)NCCCS(=O)(=O)Cc2ccccc2)cc1. The molecule has 0 aromatic heterocycles. The first kappa shape index (κ1) is 21.1. The lowest BCUT2D eigenvalue weighted by atomic mass is 10.2. The van der Waals surface area contributed by atoms with Crippen LogP contribution in [-0.4, -0.2) is 42.2 Å². The van der Waals surface area contributed by atoms with E-state index in [1.165, 1.54) is 31.4 Å². The molecule has 0 spiro atoms. The molecular weight excluding hydrogens is 390 g/mol. The molecule has 2 aromatic rings. The Hall–Kier alpha value is -2.23. The fourth-order valence-electron chi connectivity index (χ4n) is 2.37. The van der Waals surface area contributed by atoms with Crippen molar-refractivity contribution in [2.24, 2.45) is 0 Å². The number of nitrogens with one attached hydrogen (secondary N) is 1. The summed E-state index contributed by atoms with van der Waals surface area (Å²) in [6, 6.07) is 14.1. The summed E-state index contributed by atoms with van der Waals surface area (Å²) in [6.07, 6.45) is 0.161. The molecular formula is C18H21NO6S2. The number of methoxy groups -OCH3 is 1. The van der Waals surface area contributed by atoms with Crippen LogP contribution in [0.4, 0.5) is 0 Å². The second-order valence-electron chi connectivity index (χ2n) is 5.84. The molecule has 0 saturated carbocycles. The minimum Gasteiger partial charge on any atom is -0.465 e. The van der Waals surface area contributed by atoms with Crippen LogP contribution in [0.3, 0.4) is 0 Å². The van der Waals surface area contributed by atoms with E-state index in [9.17, 15) is 21.6 Å². The van der Waals surface area contributed by atoms with Gasteiger partial charge in [0.05, 0.1) is 29.1 Å². The average Bonchev–Trinajstić information content (AvgIpc) is 2.65. The molecule has 9 heteroatoms. The number of carbonyl (C=O) groups excluding carboxylic acids is 1. The van der Waals surface area contributed by atoms with E-state index in [-0.39, 0.29) is 34.9 Å². The third-order valence-corrected chi connectivity index (χ3v) is 6.90. The molecule has 0 radical (unpaired) electrons. The first-order chi connectivity index (χ1) is 12.7. The van der Waals surface area contributed by atoms with Gasteiger partial charge in [0, 0.05) is 6.54 Å². The molecule has 0 atom stereocenters. The molecule has 0 aliphatic carbocycles. The van der Waals surface area contributed by atoms with E-state index in [0.717, 1.165) is 0 Å². The van der Waals surface area contributed by atoms with Crippen molar-refractivity contribution in [2.75, 3.05) is 19.4 Å². The monoisotopic (exact) mass is 411 g/mol. The maximum atomic E-state index is 12.2. The van der Waals surface area contributed by atoms with Crippen molar-refractivity contribution in [2.45, 2.75) is 17.1 Å². The smallest absolute Gasteiger partial charge is 0.337 e. The Morgan fingerprint density at radius 2 is 1.59 bits per heavy atom. The standard InChI is InChI=1S/C18H21NO6S2/c1-25-18(20)16-8-10-17(11-9-16)27(23,24)19-12-5-13-26(21,22)14-15-6-3-2-4-7-15/h2-4,6-11,19H,5,12-14H2,1H3. The van der Waals surface area contributed by atoms with E-state index in [4.69, 9.17) is 0 Å². The van der Waals surface area contributed by atoms with Gasteiger partial charge in [-0.1, -0.05) is 30.3 Å². The van der Waals surface area contributed by atoms with Gasteiger partial charge in [-0.3, -0.25) is 0 Å². The summed E-state index contributed by atoms with van der Waals surface area (Å²) in [7, 11) is -5.87. The predicted octanol–water partition coefficient (Wildman–Crippen LogP) is 1.76. The number of sulfonamides is 1. The molecule has 2 rings (SSSR count). The van der Waals surface area contributed by atoms with Gasteiger partial charge in [0.2, 0.25) is 10.0 Å². The van der Waals surface area contributed by atoms with Crippen molar-refractivity contribution >= 4 is 25.8 Å². The fraction of sp³-hybridized carbons (Fsp3) is 0.278. The third-order valence-electron chi connectivity index (χ3n) is 3.74. The van der Waals surface area contributed by atoms with Gasteiger partial charge in [0.1, 0.15) is 0 Å². The number of ether oxygens (including phenoxy) is 1. The minimum atomic E-state index is -3.78. The Morgan fingerprint density at radius 3 is 2.19 bits per heavy atom. The highest BCUT2D eigenvalue weighted by atomic mass is 32.2. The van der Waals surface area contributed by atoms with E-state index in [0.29, 0.717) is 5.56 Å². The summed E-state index contributed by atoms with van der Waals surface area (Å²) >= 11 is 0. The number of benzene rings is 2. The Bertz CT molecular complexity index is 968. The van der Waals surface area contributed by atoms with E-state index < -0.39 is 25.8 Å². The molecule has 0 aliphatic rings. The Balaban J connectivity index is 1.87. The first-order valence-electron chi connectivity index (χ1n) is 8.16. The number of rotatable bonds is 9. The van der Waals surface area contributed by atoms with Crippen molar-refractivity contribution < 1.29 is 26.4 Å². The van der Waals surface area contributed by atoms with Crippen LogP contribution in [0.1, 0.15) is 22.3 Å². The van der Waals surface area contributed by atoms with Crippen LogP contribution >= 0.6 is 0 Å². The van der Waals surface area contributed by atoms with Crippen LogP contribution < -0.4 is 4.72 Å². The van der Waals surface area contributed by atoms with E-state index in [1.54, 1.807) is 24.3 Å². The van der Waals surface area contributed by atoms with Gasteiger partial charge < -0.3 is 4.74 Å². The number of sulfone groups is 1. The molecule has 0 aliphatic heterocycles. The average molecular weight is 412 g/mol. The minimum absolute atomic E-state index is 0.00486. The zero-order chi connectivity index (χ0) is 19.9.